The molecule has 1 aliphatic heterocycles. The van der Waals surface area contributed by atoms with E-state index in [1.54, 1.807) is 12.0 Å². The van der Waals surface area contributed by atoms with Crippen LogP contribution in [-0.2, 0) is 11.3 Å². The molecule has 3 aromatic rings. The van der Waals surface area contributed by atoms with E-state index >= 15 is 0 Å². The summed E-state index contributed by atoms with van der Waals surface area (Å²) in [7, 11) is 3.48. The standard InChI is InChI=1S/C27H30N2O3/c1-19-13-14-25(32-3)22(16-19)17-28(2)26(30)21-10-7-15-29(18-21)27(31)24-12-6-9-20-8-4-5-11-23(20)24/h4-6,8-9,11-14,16,21H,7,10,15,17-18H2,1-3H3. The summed E-state index contributed by atoms with van der Waals surface area (Å²) in [5.74, 6) is 0.668. The molecule has 1 heterocycles. The molecule has 0 saturated carbocycles. The van der Waals surface area contributed by atoms with Gasteiger partial charge < -0.3 is 14.5 Å². The average molecular weight is 431 g/mol. The number of nitrogens with zero attached hydrogens (tertiary/aromatic N) is 2. The van der Waals surface area contributed by atoms with Gasteiger partial charge in [-0.2, -0.15) is 0 Å². The number of fused-ring (bicyclic) bond motifs is 1. The van der Waals surface area contributed by atoms with Gasteiger partial charge in [-0.15, -0.1) is 0 Å². The van der Waals surface area contributed by atoms with Gasteiger partial charge in [-0.25, -0.2) is 0 Å². The van der Waals surface area contributed by atoms with E-state index in [-0.39, 0.29) is 17.7 Å². The Labute approximate surface area is 189 Å². The first kappa shape index (κ1) is 21.9. The lowest BCUT2D eigenvalue weighted by Gasteiger charge is -2.34. The highest BCUT2D eigenvalue weighted by atomic mass is 16.5. The zero-order valence-corrected chi connectivity index (χ0v) is 19.0. The minimum atomic E-state index is -0.191. The van der Waals surface area contributed by atoms with E-state index in [2.05, 4.69) is 6.07 Å². The molecule has 0 radical (unpaired) electrons. The largest absolute Gasteiger partial charge is 0.496 e. The summed E-state index contributed by atoms with van der Waals surface area (Å²) in [6, 6.07) is 19.7. The van der Waals surface area contributed by atoms with Gasteiger partial charge in [0.2, 0.25) is 5.91 Å². The maximum atomic E-state index is 13.3. The van der Waals surface area contributed by atoms with Gasteiger partial charge in [0.05, 0.1) is 13.0 Å². The Bertz CT molecular complexity index is 1140. The van der Waals surface area contributed by atoms with Gasteiger partial charge >= 0.3 is 0 Å². The van der Waals surface area contributed by atoms with Crippen LogP contribution in [0, 0.1) is 12.8 Å². The van der Waals surface area contributed by atoms with Gasteiger partial charge in [0, 0.05) is 37.8 Å². The molecule has 32 heavy (non-hydrogen) atoms. The molecular formula is C27H30N2O3. The van der Waals surface area contributed by atoms with E-state index in [4.69, 9.17) is 4.74 Å². The number of amides is 2. The molecule has 1 unspecified atom stereocenters. The highest BCUT2D eigenvalue weighted by molar-refractivity contribution is 6.07. The second-order valence-electron chi connectivity index (χ2n) is 8.63. The molecule has 3 aromatic carbocycles. The summed E-state index contributed by atoms with van der Waals surface area (Å²) in [5, 5.41) is 2.01. The zero-order chi connectivity index (χ0) is 22.7. The number of benzene rings is 3. The van der Waals surface area contributed by atoms with Crippen LogP contribution in [0.1, 0.15) is 34.3 Å². The molecule has 0 aliphatic carbocycles. The first-order chi connectivity index (χ1) is 15.5. The maximum absolute atomic E-state index is 13.3. The van der Waals surface area contributed by atoms with Crippen molar-refractivity contribution >= 4 is 22.6 Å². The minimum absolute atomic E-state index is 0.00214. The van der Waals surface area contributed by atoms with Crippen molar-refractivity contribution in [2.75, 3.05) is 27.2 Å². The zero-order valence-electron chi connectivity index (χ0n) is 19.0. The normalized spacial score (nSPS) is 16.1. The van der Waals surface area contributed by atoms with Crippen LogP contribution in [0.4, 0.5) is 0 Å². The van der Waals surface area contributed by atoms with Crippen molar-refractivity contribution in [3.63, 3.8) is 0 Å². The van der Waals surface area contributed by atoms with Crippen molar-refractivity contribution < 1.29 is 14.3 Å². The number of aryl methyl sites for hydroxylation is 1. The van der Waals surface area contributed by atoms with Crippen molar-refractivity contribution in [1.82, 2.24) is 9.80 Å². The molecule has 2 amide bonds. The van der Waals surface area contributed by atoms with Crippen LogP contribution >= 0.6 is 0 Å². The second kappa shape index (κ2) is 9.43. The Hall–Kier alpha value is -3.34. The molecule has 5 heteroatoms. The summed E-state index contributed by atoms with van der Waals surface area (Å²) in [6.45, 7) is 3.65. The number of likely N-dealkylation sites (tertiary alicyclic amines) is 1. The van der Waals surface area contributed by atoms with Crippen LogP contribution in [0.3, 0.4) is 0 Å². The van der Waals surface area contributed by atoms with Gasteiger partial charge in [0.1, 0.15) is 5.75 Å². The molecule has 0 N–H and O–H groups in total. The van der Waals surface area contributed by atoms with Crippen LogP contribution in [0.2, 0.25) is 0 Å². The third-order valence-corrected chi connectivity index (χ3v) is 6.30. The van der Waals surface area contributed by atoms with E-state index in [0.717, 1.165) is 40.5 Å². The monoisotopic (exact) mass is 430 g/mol. The lowest BCUT2D eigenvalue weighted by Crippen LogP contribution is -2.45. The summed E-state index contributed by atoms with van der Waals surface area (Å²) in [4.78, 5) is 30.2. The van der Waals surface area contributed by atoms with E-state index < -0.39 is 0 Å². The molecule has 0 spiro atoms. The number of hydrogen-bond donors (Lipinski definition) is 0. The first-order valence-electron chi connectivity index (χ1n) is 11.1. The Balaban J connectivity index is 1.48. The molecule has 4 rings (SSSR count). The lowest BCUT2D eigenvalue weighted by atomic mass is 9.95. The minimum Gasteiger partial charge on any atom is -0.496 e. The maximum Gasteiger partial charge on any atom is 0.254 e. The van der Waals surface area contributed by atoms with Gasteiger partial charge in [0.15, 0.2) is 0 Å². The predicted octanol–water partition coefficient (Wildman–Crippen LogP) is 4.67. The van der Waals surface area contributed by atoms with Crippen molar-refractivity contribution in [2.45, 2.75) is 26.3 Å². The number of methoxy groups -OCH3 is 1. The number of hydrogen-bond acceptors (Lipinski definition) is 3. The predicted molar refractivity (Wildman–Crippen MR) is 127 cm³/mol. The van der Waals surface area contributed by atoms with E-state index in [0.29, 0.717) is 25.2 Å². The lowest BCUT2D eigenvalue weighted by molar-refractivity contribution is -0.136. The van der Waals surface area contributed by atoms with Crippen LogP contribution in [0.5, 0.6) is 5.75 Å². The van der Waals surface area contributed by atoms with Gasteiger partial charge in [-0.3, -0.25) is 9.59 Å². The number of carbonyl (C=O) groups is 2. The van der Waals surface area contributed by atoms with E-state index in [9.17, 15) is 9.59 Å². The summed E-state index contributed by atoms with van der Waals surface area (Å²) in [5.41, 5.74) is 2.82. The fraction of sp³-hybridized carbons (Fsp3) is 0.333. The molecule has 1 fully saturated rings. The third-order valence-electron chi connectivity index (χ3n) is 6.30. The van der Waals surface area contributed by atoms with Crippen molar-refractivity contribution in [2.24, 2.45) is 5.92 Å². The Morgan fingerprint density at radius 1 is 1.09 bits per heavy atom. The summed E-state index contributed by atoms with van der Waals surface area (Å²) >= 11 is 0. The second-order valence-corrected chi connectivity index (χ2v) is 8.63. The quantitative estimate of drug-likeness (QED) is 0.591. The van der Waals surface area contributed by atoms with Crippen molar-refractivity contribution in [1.29, 1.82) is 0 Å². The molecule has 5 nitrogen and oxygen atoms in total. The smallest absolute Gasteiger partial charge is 0.254 e. The Morgan fingerprint density at radius 2 is 1.88 bits per heavy atom. The Morgan fingerprint density at radius 3 is 2.69 bits per heavy atom. The van der Waals surface area contributed by atoms with Crippen LogP contribution in [0.25, 0.3) is 10.8 Å². The SMILES string of the molecule is COc1ccc(C)cc1CN(C)C(=O)C1CCCN(C(=O)c2cccc3ccccc23)C1. The van der Waals surface area contributed by atoms with Crippen LogP contribution in [-0.4, -0.2) is 48.9 Å². The topological polar surface area (TPSA) is 49.9 Å². The summed E-state index contributed by atoms with van der Waals surface area (Å²) in [6.07, 6.45) is 1.63. The highest BCUT2D eigenvalue weighted by Gasteiger charge is 2.31. The third kappa shape index (κ3) is 4.47. The number of rotatable bonds is 5. The molecule has 1 saturated heterocycles. The number of piperidine rings is 1. The fourth-order valence-electron chi connectivity index (χ4n) is 4.62. The van der Waals surface area contributed by atoms with Crippen LogP contribution in [0.15, 0.2) is 60.7 Å². The van der Waals surface area contributed by atoms with Gasteiger partial charge in [0.25, 0.3) is 5.91 Å². The molecule has 1 atom stereocenters. The number of carbonyl (C=O) groups excluding carboxylic acids is 2. The van der Waals surface area contributed by atoms with Crippen molar-refractivity contribution in [3.05, 3.63) is 77.4 Å². The number of ether oxygens (including phenoxy) is 1. The Kier molecular flexibility index (Phi) is 6.45. The molecule has 166 valence electrons. The summed E-state index contributed by atoms with van der Waals surface area (Å²) < 4.78 is 5.47. The molecule has 0 bridgehead atoms. The first-order valence-corrected chi connectivity index (χ1v) is 11.1. The van der Waals surface area contributed by atoms with Crippen LogP contribution < -0.4 is 4.74 Å². The molecule has 1 aliphatic rings. The van der Waals surface area contributed by atoms with Gasteiger partial charge in [-0.1, -0.05) is 54.1 Å². The highest BCUT2D eigenvalue weighted by Crippen LogP contribution is 2.26. The molecule has 0 aromatic heterocycles. The van der Waals surface area contributed by atoms with Gasteiger partial charge in [-0.05, 0) is 42.7 Å². The van der Waals surface area contributed by atoms with E-state index in [1.807, 2.05) is 73.5 Å². The molecular weight excluding hydrogens is 400 g/mol. The fourth-order valence-corrected chi connectivity index (χ4v) is 4.62. The van der Waals surface area contributed by atoms with Crippen molar-refractivity contribution in [3.8, 4) is 5.75 Å². The average Bonchev–Trinajstić information content (AvgIpc) is 2.83. The van der Waals surface area contributed by atoms with E-state index in [1.165, 1.54) is 0 Å².